The maximum absolute atomic E-state index is 12.7. The molecule has 3 aromatic rings. The fourth-order valence-corrected chi connectivity index (χ4v) is 3.79. The summed E-state index contributed by atoms with van der Waals surface area (Å²) >= 11 is 1.52. The fourth-order valence-electron chi connectivity index (χ4n) is 2.98. The number of likely N-dealkylation sites (N-methyl/N-ethyl adjacent to an activating group) is 1. The number of aromatic nitrogens is 3. The van der Waals surface area contributed by atoms with Crippen LogP contribution in [0.2, 0.25) is 0 Å². The number of carbonyl (C=O) groups is 1. The molecule has 0 radical (unpaired) electrons. The van der Waals surface area contributed by atoms with E-state index in [-0.39, 0.29) is 12.3 Å². The standard InChI is InChI=1S/C20H21N5O2S/c1-24(17-4-5-18(22-13-17)25-7-9-27-10-8-25)19(26)11-16-14-28-20(23-16)15-3-2-6-21-12-15/h2-6,12-14H,7-11H2,1H3. The Labute approximate surface area is 167 Å². The summed E-state index contributed by atoms with van der Waals surface area (Å²) in [5, 5.41) is 2.79. The van der Waals surface area contributed by atoms with Crippen LogP contribution in [0, 0.1) is 0 Å². The van der Waals surface area contributed by atoms with Crippen molar-refractivity contribution < 1.29 is 9.53 Å². The summed E-state index contributed by atoms with van der Waals surface area (Å²) < 4.78 is 5.37. The molecule has 1 amide bonds. The maximum Gasteiger partial charge on any atom is 0.232 e. The molecule has 0 unspecified atom stereocenters. The van der Waals surface area contributed by atoms with Crippen LogP contribution in [0.25, 0.3) is 10.6 Å². The molecule has 0 spiro atoms. The molecule has 4 heterocycles. The van der Waals surface area contributed by atoms with Crippen molar-refractivity contribution in [1.82, 2.24) is 15.0 Å². The van der Waals surface area contributed by atoms with Crippen molar-refractivity contribution >= 4 is 28.7 Å². The summed E-state index contributed by atoms with van der Waals surface area (Å²) in [7, 11) is 1.77. The van der Waals surface area contributed by atoms with Gasteiger partial charge in [0.1, 0.15) is 10.8 Å². The topological polar surface area (TPSA) is 71.5 Å². The van der Waals surface area contributed by atoms with Gasteiger partial charge < -0.3 is 14.5 Å². The number of hydrogen-bond donors (Lipinski definition) is 0. The molecule has 28 heavy (non-hydrogen) atoms. The van der Waals surface area contributed by atoms with E-state index < -0.39 is 0 Å². The second-order valence-corrected chi connectivity index (χ2v) is 7.35. The minimum absolute atomic E-state index is 0.0241. The summed E-state index contributed by atoms with van der Waals surface area (Å²) in [6.07, 6.45) is 5.50. The van der Waals surface area contributed by atoms with Crippen molar-refractivity contribution in [3.05, 3.63) is 53.9 Å². The quantitative estimate of drug-likeness (QED) is 0.661. The number of morpholine rings is 1. The van der Waals surface area contributed by atoms with Gasteiger partial charge in [-0.05, 0) is 24.3 Å². The maximum atomic E-state index is 12.7. The highest BCUT2D eigenvalue weighted by Crippen LogP contribution is 2.24. The van der Waals surface area contributed by atoms with E-state index in [1.807, 2.05) is 29.6 Å². The lowest BCUT2D eigenvalue weighted by Gasteiger charge is -2.28. The van der Waals surface area contributed by atoms with Gasteiger partial charge in [0.25, 0.3) is 0 Å². The molecule has 1 fully saturated rings. The lowest BCUT2D eigenvalue weighted by molar-refractivity contribution is -0.117. The highest BCUT2D eigenvalue weighted by Gasteiger charge is 2.16. The zero-order chi connectivity index (χ0) is 19.3. The number of thiazole rings is 1. The van der Waals surface area contributed by atoms with Gasteiger partial charge in [-0.25, -0.2) is 9.97 Å². The van der Waals surface area contributed by atoms with Crippen LogP contribution in [0.1, 0.15) is 5.69 Å². The number of anilines is 2. The van der Waals surface area contributed by atoms with Crippen LogP contribution in [0.3, 0.4) is 0 Å². The minimum Gasteiger partial charge on any atom is -0.378 e. The van der Waals surface area contributed by atoms with Crippen molar-refractivity contribution in [3.8, 4) is 10.6 Å². The average Bonchev–Trinajstić information content (AvgIpc) is 3.23. The van der Waals surface area contributed by atoms with E-state index in [2.05, 4.69) is 19.9 Å². The summed E-state index contributed by atoms with van der Waals surface area (Å²) in [4.78, 5) is 29.7. The van der Waals surface area contributed by atoms with Gasteiger partial charge in [0.05, 0.1) is 37.2 Å². The Bertz CT molecular complexity index is 923. The molecule has 0 atom stereocenters. The Morgan fingerprint density at radius 3 is 2.82 bits per heavy atom. The van der Waals surface area contributed by atoms with Crippen molar-refractivity contribution in [1.29, 1.82) is 0 Å². The monoisotopic (exact) mass is 395 g/mol. The zero-order valence-electron chi connectivity index (χ0n) is 15.6. The van der Waals surface area contributed by atoms with Crippen molar-refractivity contribution in [3.63, 3.8) is 0 Å². The van der Waals surface area contributed by atoms with E-state index in [0.29, 0.717) is 0 Å². The highest BCUT2D eigenvalue weighted by atomic mass is 32.1. The largest absolute Gasteiger partial charge is 0.378 e. The van der Waals surface area contributed by atoms with E-state index in [9.17, 15) is 4.79 Å². The second-order valence-electron chi connectivity index (χ2n) is 6.49. The molecule has 0 N–H and O–H groups in total. The fraction of sp³-hybridized carbons (Fsp3) is 0.300. The SMILES string of the molecule is CN(C(=O)Cc1csc(-c2cccnc2)n1)c1ccc(N2CCOCC2)nc1. The molecule has 1 aliphatic rings. The number of rotatable bonds is 5. The van der Waals surface area contributed by atoms with Crippen LogP contribution in [0.4, 0.5) is 11.5 Å². The molecule has 1 saturated heterocycles. The molecule has 0 aromatic carbocycles. The van der Waals surface area contributed by atoms with Gasteiger partial charge in [-0.3, -0.25) is 9.78 Å². The first-order valence-corrected chi connectivity index (χ1v) is 9.99. The highest BCUT2D eigenvalue weighted by molar-refractivity contribution is 7.13. The lowest BCUT2D eigenvalue weighted by Crippen LogP contribution is -2.36. The molecule has 1 aliphatic heterocycles. The smallest absolute Gasteiger partial charge is 0.232 e. The molecule has 3 aromatic heterocycles. The molecule has 144 valence electrons. The van der Waals surface area contributed by atoms with Gasteiger partial charge in [0.15, 0.2) is 0 Å². The predicted molar refractivity (Wildman–Crippen MR) is 110 cm³/mol. The first kappa shape index (κ1) is 18.5. The van der Waals surface area contributed by atoms with Crippen molar-refractivity contribution in [2.75, 3.05) is 43.2 Å². The van der Waals surface area contributed by atoms with Crippen LogP contribution in [0.5, 0.6) is 0 Å². The third-order valence-corrected chi connectivity index (χ3v) is 5.56. The van der Waals surface area contributed by atoms with Crippen molar-refractivity contribution in [2.24, 2.45) is 0 Å². The molecule has 4 rings (SSSR count). The predicted octanol–water partition coefficient (Wildman–Crippen LogP) is 2.64. The van der Waals surface area contributed by atoms with Crippen LogP contribution in [-0.4, -0.2) is 54.2 Å². The van der Waals surface area contributed by atoms with Crippen LogP contribution < -0.4 is 9.80 Å². The number of ether oxygens (including phenoxy) is 1. The van der Waals surface area contributed by atoms with Crippen LogP contribution >= 0.6 is 11.3 Å². The normalized spacial score (nSPS) is 14.1. The van der Waals surface area contributed by atoms with Gasteiger partial charge >= 0.3 is 0 Å². The summed E-state index contributed by atoms with van der Waals surface area (Å²) in [6, 6.07) is 7.72. The first-order chi connectivity index (χ1) is 13.7. The molecule has 8 heteroatoms. The number of hydrogen-bond acceptors (Lipinski definition) is 7. The van der Waals surface area contributed by atoms with Crippen LogP contribution in [-0.2, 0) is 16.0 Å². The van der Waals surface area contributed by atoms with E-state index in [4.69, 9.17) is 4.74 Å². The summed E-state index contributed by atoms with van der Waals surface area (Å²) in [5.74, 6) is 0.887. The molecule has 7 nitrogen and oxygen atoms in total. The average molecular weight is 395 g/mol. The van der Waals surface area contributed by atoms with Gasteiger partial charge in [0, 0.05) is 43.5 Å². The second kappa shape index (κ2) is 8.45. The van der Waals surface area contributed by atoms with Gasteiger partial charge in [-0.1, -0.05) is 0 Å². The van der Waals surface area contributed by atoms with Crippen LogP contribution in [0.15, 0.2) is 48.2 Å². The molecule has 0 bridgehead atoms. The lowest BCUT2D eigenvalue weighted by atomic mass is 10.2. The number of amides is 1. The van der Waals surface area contributed by atoms with E-state index in [1.165, 1.54) is 11.3 Å². The van der Waals surface area contributed by atoms with Gasteiger partial charge in [0.2, 0.25) is 5.91 Å². The zero-order valence-corrected chi connectivity index (χ0v) is 16.4. The van der Waals surface area contributed by atoms with E-state index in [1.54, 1.807) is 30.5 Å². The van der Waals surface area contributed by atoms with Gasteiger partial charge in [-0.15, -0.1) is 11.3 Å². The first-order valence-electron chi connectivity index (χ1n) is 9.11. The summed E-state index contributed by atoms with van der Waals surface area (Å²) in [5.41, 5.74) is 2.49. The molecular formula is C20H21N5O2S. The van der Waals surface area contributed by atoms with E-state index in [0.717, 1.165) is 54.1 Å². The Morgan fingerprint density at radius 2 is 2.11 bits per heavy atom. The molecule has 0 aliphatic carbocycles. The Hall–Kier alpha value is -2.84. The third-order valence-electron chi connectivity index (χ3n) is 4.62. The number of carbonyl (C=O) groups excluding carboxylic acids is 1. The van der Waals surface area contributed by atoms with Crippen molar-refractivity contribution in [2.45, 2.75) is 6.42 Å². The van der Waals surface area contributed by atoms with Gasteiger partial charge in [-0.2, -0.15) is 0 Å². The summed E-state index contributed by atoms with van der Waals surface area (Å²) in [6.45, 7) is 3.11. The molecular weight excluding hydrogens is 374 g/mol. The Balaban J connectivity index is 1.40. The Morgan fingerprint density at radius 1 is 1.25 bits per heavy atom. The van der Waals surface area contributed by atoms with E-state index >= 15 is 0 Å². The molecule has 0 saturated carbocycles. The minimum atomic E-state index is -0.0241. The Kier molecular flexibility index (Phi) is 5.59. The third kappa shape index (κ3) is 4.18. The number of pyridine rings is 2. The number of nitrogens with zero attached hydrogens (tertiary/aromatic N) is 5.